The van der Waals surface area contributed by atoms with Gasteiger partial charge in [0.2, 0.25) is 11.7 Å². The molecule has 0 unspecified atom stereocenters. The maximum absolute atomic E-state index is 11.8. The Labute approximate surface area is 147 Å². The molecule has 0 amide bonds. The number of aromatic nitrogens is 2. The van der Waals surface area contributed by atoms with Crippen LogP contribution in [0.15, 0.2) is 45.5 Å². The minimum atomic E-state index is -0.390. The van der Waals surface area contributed by atoms with Crippen LogP contribution in [-0.4, -0.2) is 16.1 Å². The molecule has 0 radical (unpaired) electrons. The quantitative estimate of drug-likeness (QED) is 0.604. The fourth-order valence-corrected chi connectivity index (χ4v) is 2.40. The van der Waals surface area contributed by atoms with Crippen LogP contribution in [0.2, 0.25) is 10.0 Å². The highest BCUT2D eigenvalue weighted by atomic mass is 35.5. The van der Waals surface area contributed by atoms with Crippen LogP contribution in [0, 0.1) is 0 Å². The molecule has 2 aromatic heterocycles. The molecule has 8 heteroatoms. The normalized spacial score (nSPS) is 10.8. The molecule has 3 rings (SSSR count). The number of rotatable bonds is 6. The van der Waals surface area contributed by atoms with Crippen LogP contribution in [0.5, 0.6) is 0 Å². The molecule has 6 nitrogen and oxygen atoms in total. The van der Waals surface area contributed by atoms with Crippen LogP contribution < -0.4 is 0 Å². The molecule has 0 saturated heterocycles. The van der Waals surface area contributed by atoms with E-state index in [0.717, 1.165) is 0 Å². The summed E-state index contributed by atoms with van der Waals surface area (Å²) in [5.41, 5.74) is 0.687. The summed E-state index contributed by atoms with van der Waals surface area (Å²) in [6, 6.07) is 8.45. The molecule has 1 aromatic carbocycles. The van der Waals surface area contributed by atoms with Gasteiger partial charge in [-0.2, -0.15) is 4.98 Å². The van der Waals surface area contributed by atoms with E-state index in [4.69, 9.17) is 36.9 Å². The summed E-state index contributed by atoms with van der Waals surface area (Å²) in [4.78, 5) is 16.0. The second-order valence-corrected chi connectivity index (χ2v) is 5.73. The van der Waals surface area contributed by atoms with E-state index in [0.29, 0.717) is 33.1 Å². The Morgan fingerprint density at radius 2 is 2.12 bits per heavy atom. The maximum Gasteiger partial charge on any atom is 0.306 e. The third-order valence-electron chi connectivity index (χ3n) is 3.16. The summed E-state index contributed by atoms with van der Waals surface area (Å²) in [5.74, 6) is 0.794. The van der Waals surface area contributed by atoms with E-state index in [9.17, 15) is 4.79 Å². The standard InChI is InChI=1S/C16H12Cl2N2O4/c17-11-4-3-10(12(18)8-11)9-23-15(21)6-5-14-19-16(20-24-14)13-2-1-7-22-13/h1-4,7-8H,5-6,9H2. The lowest BCUT2D eigenvalue weighted by molar-refractivity contribution is -0.145. The third-order valence-corrected chi connectivity index (χ3v) is 3.74. The number of carbonyl (C=O) groups is 1. The molecule has 24 heavy (non-hydrogen) atoms. The van der Waals surface area contributed by atoms with Gasteiger partial charge in [0.1, 0.15) is 6.61 Å². The van der Waals surface area contributed by atoms with Crippen LogP contribution in [-0.2, 0) is 22.6 Å². The predicted octanol–water partition coefficient (Wildman–Crippen LogP) is 4.31. The number of aryl methyl sites for hydroxylation is 1. The van der Waals surface area contributed by atoms with E-state index in [-0.39, 0.29) is 19.4 Å². The first-order valence-corrected chi connectivity index (χ1v) is 7.83. The van der Waals surface area contributed by atoms with Crippen LogP contribution in [0.4, 0.5) is 0 Å². The average Bonchev–Trinajstić information content (AvgIpc) is 3.23. The Bertz CT molecular complexity index is 830. The zero-order valence-corrected chi connectivity index (χ0v) is 13.9. The first-order chi connectivity index (χ1) is 11.6. The molecule has 124 valence electrons. The van der Waals surface area contributed by atoms with Crippen molar-refractivity contribution in [1.29, 1.82) is 0 Å². The molecule has 0 N–H and O–H groups in total. The van der Waals surface area contributed by atoms with Gasteiger partial charge >= 0.3 is 5.97 Å². The second kappa shape index (κ2) is 7.51. The Morgan fingerprint density at radius 1 is 1.25 bits per heavy atom. The molecule has 0 atom stereocenters. The Morgan fingerprint density at radius 3 is 2.88 bits per heavy atom. The average molecular weight is 367 g/mol. The van der Waals surface area contributed by atoms with Crippen molar-refractivity contribution in [2.45, 2.75) is 19.4 Å². The monoisotopic (exact) mass is 366 g/mol. The number of furan rings is 1. The maximum atomic E-state index is 11.8. The number of benzene rings is 1. The fraction of sp³-hybridized carbons (Fsp3) is 0.188. The summed E-state index contributed by atoms with van der Waals surface area (Å²) in [6.45, 7) is 0.0797. The van der Waals surface area contributed by atoms with Crippen LogP contribution in [0.1, 0.15) is 17.9 Å². The van der Waals surface area contributed by atoms with Gasteiger partial charge in [0.05, 0.1) is 12.7 Å². The van der Waals surface area contributed by atoms with E-state index >= 15 is 0 Å². The van der Waals surface area contributed by atoms with Crippen molar-refractivity contribution >= 4 is 29.2 Å². The van der Waals surface area contributed by atoms with Crippen molar-refractivity contribution in [3.8, 4) is 11.6 Å². The minimum Gasteiger partial charge on any atom is -0.461 e. The highest BCUT2D eigenvalue weighted by Crippen LogP contribution is 2.22. The first-order valence-electron chi connectivity index (χ1n) is 7.08. The van der Waals surface area contributed by atoms with Crippen molar-refractivity contribution in [2.75, 3.05) is 0 Å². The molecule has 0 saturated carbocycles. The molecule has 0 aliphatic heterocycles. The molecule has 0 bridgehead atoms. The van der Waals surface area contributed by atoms with Gasteiger partial charge in [0, 0.05) is 22.0 Å². The third kappa shape index (κ3) is 4.15. The molecule has 0 aliphatic carbocycles. The zero-order chi connectivity index (χ0) is 16.9. The number of hydrogen-bond acceptors (Lipinski definition) is 6. The van der Waals surface area contributed by atoms with E-state index in [1.807, 2.05) is 0 Å². The lowest BCUT2D eigenvalue weighted by Gasteiger charge is -2.06. The van der Waals surface area contributed by atoms with Gasteiger partial charge in [0.15, 0.2) is 5.76 Å². The number of ether oxygens (including phenoxy) is 1. The molecular weight excluding hydrogens is 355 g/mol. The smallest absolute Gasteiger partial charge is 0.306 e. The SMILES string of the molecule is O=C(CCc1nc(-c2ccco2)no1)OCc1ccc(Cl)cc1Cl. The Kier molecular flexibility index (Phi) is 5.17. The minimum absolute atomic E-state index is 0.0797. The van der Waals surface area contributed by atoms with Crippen molar-refractivity contribution < 1.29 is 18.5 Å². The van der Waals surface area contributed by atoms with Crippen LogP contribution in [0.25, 0.3) is 11.6 Å². The molecular formula is C16H12Cl2N2O4. The van der Waals surface area contributed by atoms with E-state index < -0.39 is 5.97 Å². The molecule has 0 fully saturated rings. The highest BCUT2D eigenvalue weighted by molar-refractivity contribution is 6.35. The van der Waals surface area contributed by atoms with E-state index in [1.54, 1.807) is 30.3 Å². The number of nitrogens with zero attached hydrogens (tertiary/aromatic N) is 2. The lowest BCUT2D eigenvalue weighted by atomic mass is 10.2. The summed E-state index contributed by atoms with van der Waals surface area (Å²) in [7, 11) is 0. The number of carbonyl (C=O) groups excluding carboxylic acids is 1. The van der Waals surface area contributed by atoms with E-state index in [1.165, 1.54) is 6.26 Å². The van der Waals surface area contributed by atoms with Crippen molar-refractivity contribution in [3.05, 3.63) is 58.1 Å². The zero-order valence-electron chi connectivity index (χ0n) is 12.4. The highest BCUT2D eigenvalue weighted by Gasteiger charge is 2.13. The van der Waals surface area contributed by atoms with Gasteiger partial charge in [0.25, 0.3) is 0 Å². The van der Waals surface area contributed by atoms with Crippen molar-refractivity contribution in [1.82, 2.24) is 10.1 Å². The second-order valence-electron chi connectivity index (χ2n) is 4.89. The predicted molar refractivity (Wildman–Crippen MR) is 86.6 cm³/mol. The number of esters is 1. The van der Waals surface area contributed by atoms with Crippen LogP contribution in [0.3, 0.4) is 0 Å². The molecule has 2 heterocycles. The summed E-state index contributed by atoms with van der Waals surface area (Å²) in [6.07, 6.45) is 1.91. The summed E-state index contributed by atoms with van der Waals surface area (Å²) >= 11 is 11.8. The first kappa shape index (κ1) is 16.5. The van der Waals surface area contributed by atoms with Gasteiger partial charge < -0.3 is 13.7 Å². The summed E-state index contributed by atoms with van der Waals surface area (Å²) in [5, 5.41) is 4.77. The lowest BCUT2D eigenvalue weighted by Crippen LogP contribution is -2.06. The van der Waals surface area contributed by atoms with Gasteiger partial charge in [-0.3, -0.25) is 4.79 Å². The van der Waals surface area contributed by atoms with E-state index in [2.05, 4.69) is 10.1 Å². The summed E-state index contributed by atoms with van der Waals surface area (Å²) < 4.78 is 15.4. The van der Waals surface area contributed by atoms with Crippen molar-refractivity contribution in [3.63, 3.8) is 0 Å². The molecule has 0 spiro atoms. The van der Waals surface area contributed by atoms with Gasteiger partial charge in [-0.05, 0) is 24.3 Å². The molecule has 0 aliphatic rings. The number of halogens is 2. The largest absolute Gasteiger partial charge is 0.461 e. The number of hydrogen-bond donors (Lipinski definition) is 0. The topological polar surface area (TPSA) is 78.4 Å². The molecule has 3 aromatic rings. The van der Waals surface area contributed by atoms with Gasteiger partial charge in [-0.25, -0.2) is 0 Å². The van der Waals surface area contributed by atoms with Crippen molar-refractivity contribution in [2.24, 2.45) is 0 Å². The Hall–Kier alpha value is -2.31. The van der Waals surface area contributed by atoms with Gasteiger partial charge in [-0.1, -0.05) is 34.4 Å². The Balaban J connectivity index is 1.49. The van der Waals surface area contributed by atoms with Gasteiger partial charge in [-0.15, -0.1) is 0 Å². The van der Waals surface area contributed by atoms with Crippen LogP contribution >= 0.6 is 23.2 Å². The fourth-order valence-electron chi connectivity index (χ4n) is 1.94.